The number of aromatic nitrogens is 5. The van der Waals surface area contributed by atoms with Crippen LogP contribution in [0.15, 0.2) is 64.3 Å². The van der Waals surface area contributed by atoms with Crippen LogP contribution in [0.4, 0.5) is 4.39 Å². The van der Waals surface area contributed by atoms with E-state index >= 15 is 0 Å². The van der Waals surface area contributed by atoms with Crippen molar-refractivity contribution in [3.8, 4) is 22.8 Å². The number of thioether (sulfide) groups is 1. The van der Waals surface area contributed by atoms with Gasteiger partial charge in [-0.3, -0.25) is 4.57 Å². The van der Waals surface area contributed by atoms with Gasteiger partial charge in [-0.1, -0.05) is 47.3 Å². The van der Waals surface area contributed by atoms with Crippen molar-refractivity contribution in [3.63, 3.8) is 0 Å². The Morgan fingerprint density at radius 3 is 2.59 bits per heavy atom. The highest BCUT2D eigenvalue weighted by Crippen LogP contribution is 2.26. The summed E-state index contributed by atoms with van der Waals surface area (Å²) in [6, 6.07) is 15.8. The zero-order valence-corrected chi connectivity index (χ0v) is 16.5. The molecule has 0 saturated carbocycles. The minimum atomic E-state index is -0.311. The highest BCUT2D eigenvalue weighted by atomic mass is 32.2. The maximum absolute atomic E-state index is 13.1. The molecule has 4 rings (SSSR count). The van der Waals surface area contributed by atoms with E-state index in [2.05, 4.69) is 20.3 Å². The number of benzene rings is 2. The minimum absolute atomic E-state index is 0.311. The second-order valence-electron chi connectivity index (χ2n) is 6.13. The van der Waals surface area contributed by atoms with Crippen molar-refractivity contribution >= 4 is 11.8 Å². The molecule has 0 fully saturated rings. The molecule has 0 unspecified atom stereocenters. The monoisotopic (exact) mass is 411 g/mol. The SMILES string of the molecule is COCCn1c(SCc2noc(-c3ccc(F)cc3)n2)nnc1-c1ccccc1. The van der Waals surface area contributed by atoms with Gasteiger partial charge in [-0.15, -0.1) is 10.2 Å². The van der Waals surface area contributed by atoms with Crippen LogP contribution in [0.25, 0.3) is 22.8 Å². The van der Waals surface area contributed by atoms with Gasteiger partial charge in [0.2, 0.25) is 0 Å². The summed E-state index contributed by atoms with van der Waals surface area (Å²) < 4.78 is 25.6. The lowest BCUT2D eigenvalue weighted by Crippen LogP contribution is -2.07. The molecule has 148 valence electrons. The molecular weight excluding hydrogens is 393 g/mol. The maximum Gasteiger partial charge on any atom is 0.257 e. The van der Waals surface area contributed by atoms with Crippen molar-refractivity contribution < 1.29 is 13.7 Å². The van der Waals surface area contributed by atoms with Crippen LogP contribution < -0.4 is 0 Å². The normalized spacial score (nSPS) is 11.1. The molecule has 0 atom stereocenters. The first-order chi connectivity index (χ1) is 14.2. The third-order valence-corrected chi connectivity index (χ3v) is 5.12. The Bertz CT molecular complexity index is 1070. The van der Waals surface area contributed by atoms with Gasteiger partial charge in [0, 0.05) is 18.2 Å². The topological polar surface area (TPSA) is 78.9 Å². The number of hydrogen-bond donors (Lipinski definition) is 0. The summed E-state index contributed by atoms with van der Waals surface area (Å²) in [7, 11) is 1.66. The molecule has 0 N–H and O–H groups in total. The quantitative estimate of drug-likeness (QED) is 0.404. The molecule has 2 heterocycles. The van der Waals surface area contributed by atoms with E-state index in [0.717, 1.165) is 16.5 Å². The lowest BCUT2D eigenvalue weighted by atomic mass is 10.2. The van der Waals surface area contributed by atoms with Gasteiger partial charge in [-0.05, 0) is 24.3 Å². The number of rotatable bonds is 8. The lowest BCUT2D eigenvalue weighted by molar-refractivity contribution is 0.185. The van der Waals surface area contributed by atoms with Gasteiger partial charge >= 0.3 is 0 Å². The molecule has 0 saturated heterocycles. The lowest BCUT2D eigenvalue weighted by Gasteiger charge is -2.09. The molecule has 2 aromatic carbocycles. The van der Waals surface area contributed by atoms with E-state index in [-0.39, 0.29) is 5.82 Å². The first-order valence-electron chi connectivity index (χ1n) is 8.93. The van der Waals surface area contributed by atoms with E-state index in [0.29, 0.717) is 36.2 Å². The average molecular weight is 411 g/mol. The van der Waals surface area contributed by atoms with Crippen molar-refractivity contribution in [2.45, 2.75) is 17.5 Å². The summed E-state index contributed by atoms with van der Waals surface area (Å²) in [5.74, 6) is 1.81. The average Bonchev–Trinajstić information content (AvgIpc) is 3.39. The molecule has 0 radical (unpaired) electrons. The van der Waals surface area contributed by atoms with Crippen LogP contribution in [0.5, 0.6) is 0 Å². The van der Waals surface area contributed by atoms with Gasteiger partial charge in [0.15, 0.2) is 16.8 Å². The van der Waals surface area contributed by atoms with Crippen molar-refractivity contribution in [2.75, 3.05) is 13.7 Å². The number of nitrogens with zero attached hydrogens (tertiary/aromatic N) is 5. The summed E-state index contributed by atoms with van der Waals surface area (Å²) >= 11 is 1.47. The van der Waals surface area contributed by atoms with E-state index in [9.17, 15) is 4.39 Å². The summed E-state index contributed by atoms with van der Waals surface area (Å²) in [6.07, 6.45) is 0. The van der Waals surface area contributed by atoms with Crippen LogP contribution in [-0.4, -0.2) is 38.6 Å². The maximum atomic E-state index is 13.1. The van der Waals surface area contributed by atoms with E-state index in [1.54, 1.807) is 19.2 Å². The summed E-state index contributed by atoms with van der Waals surface area (Å²) in [6.45, 7) is 1.17. The third-order valence-electron chi connectivity index (χ3n) is 4.16. The molecule has 0 amide bonds. The molecule has 0 spiro atoms. The van der Waals surface area contributed by atoms with Gasteiger partial charge in [-0.25, -0.2) is 4.39 Å². The van der Waals surface area contributed by atoms with E-state index in [1.807, 2.05) is 34.9 Å². The second kappa shape index (κ2) is 8.97. The van der Waals surface area contributed by atoms with Crippen molar-refractivity contribution in [1.82, 2.24) is 24.9 Å². The molecule has 7 nitrogen and oxygen atoms in total. The second-order valence-corrected chi connectivity index (χ2v) is 7.07. The molecule has 0 aliphatic heterocycles. The Balaban J connectivity index is 1.51. The van der Waals surface area contributed by atoms with E-state index < -0.39 is 0 Å². The van der Waals surface area contributed by atoms with Crippen LogP contribution in [0, 0.1) is 5.82 Å². The van der Waals surface area contributed by atoms with Gasteiger partial charge in [-0.2, -0.15) is 4.98 Å². The zero-order chi connectivity index (χ0) is 20.1. The van der Waals surface area contributed by atoms with Crippen LogP contribution >= 0.6 is 11.8 Å². The Labute approximate surface area is 170 Å². The Hall–Kier alpha value is -3.04. The zero-order valence-electron chi connectivity index (χ0n) is 15.7. The summed E-state index contributed by atoms with van der Waals surface area (Å²) in [5.41, 5.74) is 1.66. The van der Waals surface area contributed by atoms with Crippen molar-refractivity contribution in [2.24, 2.45) is 0 Å². The predicted molar refractivity (Wildman–Crippen MR) is 107 cm³/mol. The fraction of sp³-hybridized carbons (Fsp3) is 0.200. The fourth-order valence-corrected chi connectivity index (χ4v) is 3.54. The number of ether oxygens (including phenoxy) is 1. The highest BCUT2D eigenvalue weighted by Gasteiger charge is 2.16. The smallest absolute Gasteiger partial charge is 0.257 e. The van der Waals surface area contributed by atoms with Gasteiger partial charge in [0.25, 0.3) is 5.89 Å². The largest absolute Gasteiger partial charge is 0.383 e. The molecule has 0 aliphatic carbocycles. The molecule has 9 heteroatoms. The number of methoxy groups -OCH3 is 1. The summed E-state index contributed by atoms with van der Waals surface area (Å²) in [5, 5.41) is 13.4. The standard InChI is InChI=1S/C20H18FN5O2S/c1-27-12-11-26-18(14-5-3-2-4-6-14)23-24-20(26)29-13-17-22-19(28-25-17)15-7-9-16(21)10-8-15/h2-10H,11-13H2,1H3. The Morgan fingerprint density at radius 1 is 1.03 bits per heavy atom. The first kappa shape index (κ1) is 19.3. The van der Waals surface area contributed by atoms with Gasteiger partial charge in [0.05, 0.1) is 18.9 Å². The van der Waals surface area contributed by atoms with Crippen LogP contribution in [-0.2, 0) is 17.0 Å². The summed E-state index contributed by atoms with van der Waals surface area (Å²) in [4.78, 5) is 4.38. The molecule has 29 heavy (non-hydrogen) atoms. The van der Waals surface area contributed by atoms with Crippen LogP contribution in [0.1, 0.15) is 5.82 Å². The fourth-order valence-electron chi connectivity index (χ4n) is 2.73. The molecule has 4 aromatic rings. The van der Waals surface area contributed by atoms with Gasteiger partial charge < -0.3 is 9.26 Å². The predicted octanol–water partition coefficient (Wildman–Crippen LogP) is 4.07. The van der Waals surface area contributed by atoms with Crippen LogP contribution in [0.3, 0.4) is 0 Å². The molecule has 2 aromatic heterocycles. The number of halogens is 1. The molecule has 0 bridgehead atoms. The van der Waals surface area contributed by atoms with Crippen molar-refractivity contribution in [1.29, 1.82) is 0 Å². The van der Waals surface area contributed by atoms with Crippen molar-refractivity contribution in [3.05, 3.63) is 66.2 Å². The highest BCUT2D eigenvalue weighted by molar-refractivity contribution is 7.98. The minimum Gasteiger partial charge on any atom is -0.383 e. The number of hydrogen-bond acceptors (Lipinski definition) is 7. The van der Waals surface area contributed by atoms with Crippen LogP contribution in [0.2, 0.25) is 0 Å². The Kier molecular flexibility index (Phi) is 5.97. The Morgan fingerprint density at radius 2 is 1.83 bits per heavy atom. The first-order valence-corrected chi connectivity index (χ1v) is 9.92. The van der Waals surface area contributed by atoms with E-state index in [1.165, 1.54) is 23.9 Å². The van der Waals surface area contributed by atoms with Gasteiger partial charge in [0.1, 0.15) is 5.82 Å². The molecule has 0 aliphatic rings. The molecular formula is C20H18FN5O2S. The third kappa shape index (κ3) is 4.52. The van der Waals surface area contributed by atoms with E-state index in [4.69, 9.17) is 9.26 Å².